The SMILES string of the molecule is COc1cc2ccccc2cc1F.O[B]O. The topological polar surface area (TPSA) is 49.7 Å². The van der Waals surface area contributed by atoms with Crippen LogP contribution < -0.4 is 4.74 Å². The van der Waals surface area contributed by atoms with Crippen LogP contribution in [0.4, 0.5) is 4.39 Å². The minimum atomic E-state index is -0.318. The largest absolute Gasteiger partial charge is 0.494 e. The average molecular weight is 221 g/mol. The van der Waals surface area contributed by atoms with Crippen molar-refractivity contribution in [1.29, 1.82) is 0 Å². The van der Waals surface area contributed by atoms with Crippen LogP contribution in [0.5, 0.6) is 5.75 Å². The van der Waals surface area contributed by atoms with Crippen molar-refractivity contribution in [2.24, 2.45) is 0 Å². The summed E-state index contributed by atoms with van der Waals surface area (Å²) in [6.07, 6.45) is 0. The van der Waals surface area contributed by atoms with Gasteiger partial charge < -0.3 is 14.8 Å². The monoisotopic (exact) mass is 221 g/mol. The van der Waals surface area contributed by atoms with E-state index in [1.807, 2.05) is 24.3 Å². The maximum Gasteiger partial charge on any atom is 0.482 e. The highest BCUT2D eigenvalue weighted by molar-refractivity contribution is 6.13. The standard InChI is InChI=1S/C11H9FO.BH2O2/c1-13-11-7-9-5-3-2-4-8(9)6-10(11)12;2-1-3/h2-7H,1H3;2-3H. The summed E-state index contributed by atoms with van der Waals surface area (Å²) in [5.74, 6) is -0.0279. The van der Waals surface area contributed by atoms with Crippen molar-refractivity contribution >= 4 is 18.5 Å². The molecule has 83 valence electrons. The lowest BCUT2D eigenvalue weighted by atomic mass is 10.1. The maximum atomic E-state index is 13.2. The number of methoxy groups -OCH3 is 1. The zero-order valence-corrected chi connectivity index (χ0v) is 8.72. The fraction of sp³-hybridized carbons (Fsp3) is 0.0909. The van der Waals surface area contributed by atoms with Crippen molar-refractivity contribution in [2.45, 2.75) is 0 Å². The Morgan fingerprint density at radius 1 is 1.12 bits per heavy atom. The third-order valence-corrected chi connectivity index (χ3v) is 2.02. The predicted molar refractivity (Wildman–Crippen MR) is 60.6 cm³/mol. The minimum absolute atomic E-state index is 0. The fourth-order valence-corrected chi connectivity index (χ4v) is 1.35. The highest BCUT2D eigenvalue weighted by Crippen LogP contribution is 2.23. The van der Waals surface area contributed by atoms with Crippen LogP contribution in [0.1, 0.15) is 0 Å². The summed E-state index contributed by atoms with van der Waals surface area (Å²) in [6.45, 7) is 0. The molecule has 0 aromatic heterocycles. The molecular weight excluding hydrogens is 210 g/mol. The van der Waals surface area contributed by atoms with Gasteiger partial charge in [-0.25, -0.2) is 4.39 Å². The Bertz CT molecular complexity index is 462. The minimum Gasteiger partial charge on any atom is -0.494 e. The molecule has 0 bridgehead atoms. The van der Waals surface area contributed by atoms with Crippen molar-refractivity contribution in [3.05, 3.63) is 42.2 Å². The van der Waals surface area contributed by atoms with Crippen LogP contribution in [0.2, 0.25) is 0 Å². The number of halogens is 1. The second-order valence-electron chi connectivity index (χ2n) is 2.95. The molecule has 1 radical (unpaired) electrons. The van der Waals surface area contributed by atoms with Gasteiger partial charge in [0.15, 0.2) is 11.6 Å². The fourth-order valence-electron chi connectivity index (χ4n) is 1.35. The van der Waals surface area contributed by atoms with E-state index < -0.39 is 0 Å². The summed E-state index contributed by atoms with van der Waals surface area (Å²) in [5, 5.41) is 15.9. The van der Waals surface area contributed by atoms with E-state index in [2.05, 4.69) is 0 Å². The van der Waals surface area contributed by atoms with Crippen molar-refractivity contribution in [3.8, 4) is 5.75 Å². The first-order valence-electron chi connectivity index (χ1n) is 4.55. The van der Waals surface area contributed by atoms with Gasteiger partial charge >= 0.3 is 7.69 Å². The molecule has 0 saturated carbocycles. The van der Waals surface area contributed by atoms with Gasteiger partial charge in [-0.15, -0.1) is 0 Å². The molecule has 0 fully saturated rings. The summed E-state index contributed by atoms with van der Waals surface area (Å²) in [7, 11) is 1.47. The molecular formula is C11H11BFO3. The molecule has 0 atom stereocenters. The molecule has 2 aromatic rings. The second kappa shape index (κ2) is 6.10. The lowest BCUT2D eigenvalue weighted by Gasteiger charge is -2.03. The highest BCUT2D eigenvalue weighted by Gasteiger charge is 2.03. The maximum absolute atomic E-state index is 13.2. The van der Waals surface area contributed by atoms with E-state index in [-0.39, 0.29) is 13.5 Å². The van der Waals surface area contributed by atoms with E-state index in [9.17, 15) is 4.39 Å². The molecule has 2 N–H and O–H groups in total. The van der Waals surface area contributed by atoms with Gasteiger partial charge in [0.1, 0.15) is 0 Å². The van der Waals surface area contributed by atoms with Gasteiger partial charge in [0.05, 0.1) is 7.11 Å². The first kappa shape index (κ1) is 12.5. The van der Waals surface area contributed by atoms with E-state index in [1.165, 1.54) is 13.2 Å². The molecule has 0 unspecified atom stereocenters. The van der Waals surface area contributed by atoms with Gasteiger partial charge in [-0.05, 0) is 22.9 Å². The highest BCUT2D eigenvalue weighted by atomic mass is 19.1. The summed E-state index contributed by atoms with van der Waals surface area (Å²) >= 11 is 0. The summed E-state index contributed by atoms with van der Waals surface area (Å²) in [4.78, 5) is 0. The van der Waals surface area contributed by atoms with Crippen LogP contribution in [-0.2, 0) is 0 Å². The van der Waals surface area contributed by atoms with Crippen molar-refractivity contribution < 1.29 is 19.2 Å². The van der Waals surface area contributed by atoms with Crippen LogP contribution in [0.25, 0.3) is 10.8 Å². The first-order chi connectivity index (χ1) is 7.72. The summed E-state index contributed by atoms with van der Waals surface area (Å²) in [5.41, 5.74) is 0. The molecule has 2 rings (SSSR count). The van der Waals surface area contributed by atoms with E-state index in [0.717, 1.165) is 10.8 Å². The van der Waals surface area contributed by atoms with Crippen LogP contribution in [-0.4, -0.2) is 24.8 Å². The number of hydrogen-bond donors (Lipinski definition) is 2. The number of hydrogen-bond acceptors (Lipinski definition) is 3. The van der Waals surface area contributed by atoms with Crippen molar-refractivity contribution in [1.82, 2.24) is 0 Å². The molecule has 0 aliphatic carbocycles. The lowest BCUT2D eigenvalue weighted by molar-refractivity contribution is 0.387. The predicted octanol–water partition coefficient (Wildman–Crippen LogP) is 1.49. The van der Waals surface area contributed by atoms with E-state index >= 15 is 0 Å². The van der Waals surface area contributed by atoms with Gasteiger partial charge in [-0.2, -0.15) is 0 Å². The molecule has 0 heterocycles. The molecule has 2 aromatic carbocycles. The average Bonchev–Trinajstić information content (AvgIpc) is 2.29. The lowest BCUT2D eigenvalue weighted by Crippen LogP contribution is -1.87. The normalized spacial score (nSPS) is 9.25. The number of fused-ring (bicyclic) bond motifs is 1. The molecule has 5 heteroatoms. The molecule has 16 heavy (non-hydrogen) atoms. The number of benzene rings is 2. The summed E-state index contributed by atoms with van der Waals surface area (Å²) < 4.78 is 18.1. The van der Waals surface area contributed by atoms with Crippen LogP contribution in [0.3, 0.4) is 0 Å². The molecule has 3 nitrogen and oxygen atoms in total. The van der Waals surface area contributed by atoms with E-state index in [0.29, 0.717) is 5.75 Å². The van der Waals surface area contributed by atoms with Crippen LogP contribution in [0.15, 0.2) is 36.4 Å². The molecule has 0 spiro atoms. The van der Waals surface area contributed by atoms with E-state index in [1.54, 1.807) is 6.07 Å². The second-order valence-corrected chi connectivity index (χ2v) is 2.95. The van der Waals surface area contributed by atoms with Crippen molar-refractivity contribution in [3.63, 3.8) is 0 Å². The molecule has 0 saturated heterocycles. The smallest absolute Gasteiger partial charge is 0.482 e. The van der Waals surface area contributed by atoms with Gasteiger partial charge in [-0.3, -0.25) is 0 Å². The Hall–Kier alpha value is -1.59. The van der Waals surface area contributed by atoms with Gasteiger partial charge in [0.25, 0.3) is 0 Å². The Labute approximate surface area is 93.4 Å². The molecule has 0 aliphatic rings. The Kier molecular flexibility index (Phi) is 4.76. The van der Waals surface area contributed by atoms with Gasteiger partial charge in [0.2, 0.25) is 0 Å². The van der Waals surface area contributed by atoms with Crippen molar-refractivity contribution in [2.75, 3.05) is 7.11 Å². The van der Waals surface area contributed by atoms with Crippen LogP contribution in [0, 0.1) is 5.82 Å². The third-order valence-electron chi connectivity index (χ3n) is 2.02. The zero-order chi connectivity index (χ0) is 12.0. The van der Waals surface area contributed by atoms with Crippen LogP contribution >= 0.6 is 0 Å². The Morgan fingerprint density at radius 2 is 1.62 bits per heavy atom. The van der Waals surface area contributed by atoms with Gasteiger partial charge in [-0.1, -0.05) is 24.3 Å². The quantitative estimate of drug-likeness (QED) is 0.717. The molecule has 0 aliphatic heterocycles. The molecule has 0 amide bonds. The number of ether oxygens (including phenoxy) is 1. The van der Waals surface area contributed by atoms with E-state index in [4.69, 9.17) is 14.8 Å². The Morgan fingerprint density at radius 3 is 2.12 bits per heavy atom. The third kappa shape index (κ3) is 2.95. The zero-order valence-electron chi connectivity index (χ0n) is 8.72. The number of rotatable bonds is 1. The van der Waals surface area contributed by atoms with Gasteiger partial charge in [0, 0.05) is 0 Å². The first-order valence-corrected chi connectivity index (χ1v) is 4.55. The Balaban J connectivity index is 0.000000386. The summed E-state index contributed by atoms with van der Waals surface area (Å²) in [6, 6.07) is 10.8.